The van der Waals surface area contributed by atoms with Crippen molar-refractivity contribution in [2.45, 2.75) is 11.7 Å². The largest absolute Gasteiger partial charge is 0.480 e. The van der Waals surface area contributed by atoms with Crippen LogP contribution in [-0.2, 0) is 9.59 Å². The number of hydrogen-bond acceptors (Lipinski definition) is 4. The fourth-order valence-electron chi connectivity index (χ4n) is 1.11. The van der Waals surface area contributed by atoms with Crippen LogP contribution in [0.3, 0.4) is 0 Å². The van der Waals surface area contributed by atoms with Gasteiger partial charge in [0.2, 0.25) is 5.91 Å². The summed E-state index contributed by atoms with van der Waals surface area (Å²) >= 11 is 3.65. The normalized spacial score (nSPS) is 21.6. The molecule has 0 aromatic heterocycles. The molecular weight excluding hydrogens is 222 g/mol. The Labute approximate surface area is 91.2 Å². The number of amides is 1. The van der Waals surface area contributed by atoms with Crippen LogP contribution in [0.15, 0.2) is 0 Å². The molecule has 1 fully saturated rings. The zero-order valence-corrected chi connectivity index (χ0v) is 9.33. The highest BCUT2D eigenvalue weighted by Gasteiger charge is 2.17. The van der Waals surface area contributed by atoms with Crippen LogP contribution in [0.2, 0.25) is 0 Å². The van der Waals surface area contributed by atoms with Gasteiger partial charge >= 0.3 is 5.97 Å². The first-order valence-corrected chi connectivity index (χ1v) is 6.56. The average Bonchev–Trinajstić information content (AvgIpc) is 2.16. The van der Waals surface area contributed by atoms with Gasteiger partial charge in [0.15, 0.2) is 0 Å². The zero-order valence-electron chi connectivity index (χ0n) is 7.69. The van der Waals surface area contributed by atoms with E-state index >= 15 is 0 Å². The maximum absolute atomic E-state index is 11.2. The fourth-order valence-corrected chi connectivity index (χ4v) is 3.79. The molecule has 1 atom stereocenters. The fraction of sp³-hybridized carbons (Fsp3) is 0.750. The molecule has 1 unspecified atom stereocenters. The summed E-state index contributed by atoms with van der Waals surface area (Å²) in [7, 11) is 0. The SMILES string of the molecule is O=C(O)CNC(=O)CC1CSCCS1. The lowest BCUT2D eigenvalue weighted by Crippen LogP contribution is -2.32. The highest BCUT2D eigenvalue weighted by Crippen LogP contribution is 2.25. The number of thioether (sulfide) groups is 2. The third kappa shape index (κ3) is 4.76. The van der Waals surface area contributed by atoms with Crippen LogP contribution in [-0.4, -0.2) is 46.0 Å². The quantitative estimate of drug-likeness (QED) is 0.739. The molecule has 0 radical (unpaired) electrons. The summed E-state index contributed by atoms with van der Waals surface area (Å²) in [6.45, 7) is -0.274. The average molecular weight is 235 g/mol. The number of carbonyl (C=O) groups excluding carboxylic acids is 1. The van der Waals surface area contributed by atoms with Gasteiger partial charge in [0, 0.05) is 28.9 Å². The summed E-state index contributed by atoms with van der Waals surface area (Å²) in [5.41, 5.74) is 0. The standard InChI is InChI=1S/C8H13NO3S2/c10-7(9-4-8(11)12)3-6-5-13-1-2-14-6/h6H,1-5H2,(H,9,10)(H,11,12). The van der Waals surface area contributed by atoms with Gasteiger partial charge < -0.3 is 10.4 Å². The molecule has 0 aromatic carbocycles. The van der Waals surface area contributed by atoms with Crippen molar-refractivity contribution in [2.24, 2.45) is 0 Å². The van der Waals surface area contributed by atoms with Gasteiger partial charge in [-0.3, -0.25) is 9.59 Å². The number of carboxylic acids is 1. The van der Waals surface area contributed by atoms with Crippen LogP contribution in [0, 0.1) is 0 Å². The van der Waals surface area contributed by atoms with Crippen molar-refractivity contribution < 1.29 is 14.7 Å². The predicted molar refractivity (Wildman–Crippen MR) is 58.8 cm³/mol. The van der Waals surface area contributed by atoms with Gasteiger partial charge in [-0.25, -0.2) is 0 Å². The first-order valence-electron chi connectivity index (χ1n) is 4.36. The summed E-state index contributed by atoms with van der Waals surface area (Å²) in [6, 6.07) is 0. The van der Waals surface area contributed by atoms with Crippen LogP contribution < -0.4 is 5.32 Å². The second-order valence-corrected chi connectivity index (χ2v) is 5.50. The maximum Gasteiger partial charge on any atom is 0.322 e. The van der Waals surface area contributed by atoms with Crippen LogP contribution in [0.5, 0.6) is 0 Å². The van der Waals surface area contributed by atoms with E-state index in [1.807, 2.05) is 11.8 Å². The minimum absolute atomic E-state index is 0.160. The van der Waals surface area contributed by atoms with Crippen molar-refractivity contribution >= 4 is 35.4 Å². The molecule has 0 bridgehead atoms. The monoisotopic (exact) mass is 235 g/mol. The van der Waals surface area contributed by atoms with Crippen molar-refractivity contribution in [1.82, 2.24) is 5.32 Å². The van der Waals surface area contributed by atoms with Crippen molar-refractivity contribution in [1.29, 1.82) is 0 Å². The van der Waals surface area contributed by atoms with E-state index in [9.17, 15) is 9.59 Å². The second kappa shape index (κ2) is 6.19. The molecule has 80 valence electrons. The summed E-state index contributed by atoms with van der Waals surface area (Å²) in [5, 5.41) is 11.1. The number of hydrogen-bond donors (Lipinski definition) is 2. The van der Waals surface area contributed by atoms with E-state index in [-0.39, 0.29) is 12.5 Å². The molecule has 4 nitrogen and oxygen atoms in total. The van der Waals surface area contributed by atoms with Crippen LogP contribution in [0.4, 0.5) is 0 Å². The Hall–Kier alpha value is -0.360. The maximum atomic E-state index is 11.2. The Morgan fingerprint density at radius 2 is 2.21 bits per heavy atom. The van der Waals surface area contributed by atoms with Crippen molar-refractivity contribution in [3.05, 3.63) is 0 Å². The molecule has 0 aliphatic carbocycles. The third-order valence-corrected chi connectivity index (χ3v) is 4.58. The van der Waals surface area contributed by atoms with E-state index in [4.69, 9.17) is 5.11 Å². The lowest BCUT2D eigenvalue weighted by atomic mass is 10.3. The van der Waals surface area contributed by atoms with Gasteiger partial charge in [0.25, 0.3) is 0 Å². The van der Waals surface area contributed by atoms with Gasteiger partial charge in [0.1, 0.15) is 6.54 Å². The molecule has 1 aliphatic heterocycles. The number of aliphatic carboxylic acids is 1. The Morgan fingerprint density at radius 3 is 2.79 bits per heavy atom. The van der Waals surface area contributed by atoms with Gasteiger partial charge in [-0.2, -0.15) is 23.5 Å². The van der Waals surface area contributed by atoms with Crippen molar-refractivity contribution in [3.63, 3.8) is 0 Å². The molecule has 14 heavy (non-hydrogen) atoms. The van der Waals surface area contributed by atoms with Gasteiger partial charge in [0.05, 0.1) is 0 Å². The minimum atomic E-state index is -0.996. The smallest absolute Gasteiger partial charge is 0.322 e. The van der Waals surface area contributed by atoms with Crippen LogP contribution in [0.1, 0.15) is 6.42 Å². The molecule has 1 saturated heterocycles. The highest BCUT2D eigenvalue weighted by molar-refractivity contribution is 8.06. The molecule has 6 heteroatoms. The zero-order chi connectivity index (χ0) is 10.4. The summed E-state index contributed by atoms with van der Waals surface area (Å²) in [6.07, 6.45) is 0.435. The molecule has 1 rings (SSSR count). The molecule has 0 spiro atoms. The molecule has 0 aromatic rings. The van der Waals surface area contributed by atoms with E-state index in [1.165, 1.54) is 0 Å². The lowest BCUT2D eigenvalue weighted by molar-refractivity contribution is -0.137. The van der Waals surface area contributed by atoms with Crippen LogP contribution >= 0.6 is 23.5 Å². The predicted octanol–water partition coefficient (Wildman–Crippen LogP) is 0.426. The second-order valence-electron chi connectivity index (χ2n) is 2.94. The Kier molecular flexibility index (Phi) is 5.17. The number of rotatable bonds is 4. The molecule has 1 heterocycles. The molecule has 1 aliphatic rings. The number of nitrogens with one attached hydrogen (secondary N) is 1. The highest BCUT2D eigenvalue weighted by atomic mass is 32.2. The molecular formula is C8H13NO3S2. The van der Waals surface area contributed by atoms with E-state index in [2.05, 4.69) is 5.32 Å². The van der Waals surface area contributed by atoms with Crippen molar-refractivity contribution in [3.8, 4) is 0 Å². The first kappa shape index (κ1) is 11.7. The molecule has 1 amide bonds. The van der Waals surface area contributed by atoms with E-state index in [0.717, 1.165) is 17.3 Å². The summed E-state index contributed by atoms with van der Waals surface area (Å²) in [4.78, 5) is 21.4. The topological polar surface area (TPSA) is 66.4 Å². The van der Waals surface area contributed by atoms with E-state index in [1.54, 1.807) is 11.8 Å². The summed E-state index contributed by atoms with van der Waals surface area (Å²) < 4.78 is 0. The van der Waals surface area contributed by atoms with E-state index < -0.39 is 5.97 Å². The minimum Gasteiger partial charge on any atom is -0.480 e. The summed E-state index contributed by atoms with van der Waals surface area (Å²) in [5.74, 6) is 2.07. The van der Waals surface area contributed by atoms with Crippen molar-refractivity contribution in [2.75, 3.05) is 23.8 Å². The van der Waals surface area contributed by atoms with Gasteiger partial charge in [-0.1, -0.05) is 0 Å². The Morgan fingerprint density at radius 1 is 1.43 bits per heavy atom. The van der Waals surface area contributed by atoms with E-state index in [0.29, 0.717) is 11.7 Å². The third-order valence-electron chi connectivity index (χ3n) is 1.73. The van der Waals surface area contributed by atoms with Gasteiger partial charge in [-0.05, 0) is 0 Å². The molecule has 2 N–H and O–H groups in total. The number of carbonyl (C=O) groups is 2. The Balaban J connectivity index is 2.15. The van der Waals surface area contributed by atoms with Gasteiger partial charge in [-0.15, -0.1) is 0 Å². The first-order chi connectivity index (χ1) is 6.68. The molecule has 0 saturated carbocycles. The van der Waals surface area contributed by atoms with Crippen LogP contribution in [0.25, 0.3) is 0 Å². The number of carboxylic acid groups (broad SMARTS) is 1. The Bertz CT molecular complexity index is 217. The lowest BCUT2D eigenvalue weighted by Gasteiger charge is -2.19.